The summed E-state index contributed by atoms with van der Waals surface area (Å²) in [5, 5.41) is 6.30. The Bertz CT molecular complexity index is 548. The van der Waals surface area contributed by atoms with Crippen molar-refractivity contribution in [3.8, 4) is 0 Å². The summed E-state index contributed by atoms with van der Waals surface area (Å²) in [6.07, 6.45) is 2.18. The summed E-state index contributed by atoms with van der Waals surface area (Å²) in [6, 6.07) is 6.92. The highest BCUT2D eigenvalue weighted by molar-refractivity contribution is 6.21. The molecule has 1 aromatic carbocycles. The van der Waals surface area contributed by atoms with E-state index < -0.39 is 0 Å². The number of carbonyl (C=O) groups is 2. The Labute approximate surface area is 130 Å². The molecule has 22 heavy (non-hydrogen) atoms. The molecule has 0 fully saturated rings. The molecule has 2 amide bonds. The van der Waals surface area contributed by atoms with E-state index in [4.69, 9.17) is 0 Å². The van der Waals surface area contributed by atoms with Gasteiger partial charge in [0.2, 0.25) is 0 Å². The Kier molecular flexibility index (Phi) is 5.52. The summed E-state index contributed by atoms with van der Waals surface area (Å²) in [4.78, 5) is 29.8. The summed E-state index contributed by atoms with van der Waals surface area (Å²) in [5.41, 5.74) is 0.968. The van der Waals surface area contributed by atoms with E-state index in [0.717, 1.165) is 19.4 Å². The maximum Gasteiger partial charge on any atom is 0.261 e. The minimum atomic E-state index is -0.226. The third kappa shape index (κ3) is 3.44. The zero-order valence-corrected chi connectivity index (χ0v) is 13.1. The number of guanidine groups is 1. The van der Waals surface area contributed by atoms with E-state index in [9.17, 15) is 9.59 Å². The largest absolute Gasteiger partial charge is 0.356 e. The lowest BCUT2D eigenvalue weighted by Gasteiger charge is -2.16. The molecule has 1 aliphatic rings. The Balaban J connectivity index is 1.86. The van der Waals surface area contributed by atoms with E-state index in [1.807, 2.05) is 0 Å². The maximum atomic E-state index is 12.2. The number of aliphatic imine (C=N–C) groups is 1. The van der Waals surface area contributed by atoms with Gasteiger partial charge in [-0.25, -0.2) is 0 Å². The molecular formula is C16H22N4O2. The summed E-state index contributed by atoms with van der Waals surface area (Å²) in [6.45, 7) is 3.77. The molecule has 1 aliphatic heterocycles. The summed E-state index contributed by atoms with van der Waals surface area (Å²) in [5.74, 6) is 0.234. The van der Waals surface area contributed by atoms with Crippen LogP contribution in [0.3, 0.4) is 0 Å². The van der Waals surface area contributed by atoms with Crippen LogP contribution < -0.4 is 10.6 Å². The molecule has 1 heterocycles. The van der Waals surface area contributed by atoms with E-state index >= 15 is 0 Å². The topological polar surface area (TPSA) is 73.8 Å². The Hall–Kier alpha value is -2.37. The van der Waals surface area contributed by atoms with Crippen molar-refractivity contribution in [2.45, 2.75) is 19.8 Å². The maximum absolute atomic E-state index is 12.2. The van der Waals surface area contributed by atoms with Crippen LogP contribution in [-0.2, 0) is 0 Å². The third-order valence-corrected chi connectivity index (χ3v) is 3.55. The van der Waals surface area contributed by atoms with Gasteiger partial charge in [0.15, 0.2) is 5.96 Å². The van der Waals surface area contributed by atoms with Crippen molar-refractivity contribution in [1.82, 2.24) is 15.5 Å². The van der Waals surface area contributed by atoms with Crippen molar-refractivity contribution >= 4 is 17.8 Å². The monoisotopic (exact) mass is 302 g/mol. The molecule has 0 saturated carbocycles. The number of imide groups is 1. The normalized spacial score (nSPS) is 14.3. The fourth-order valence-electron chi connectivity index (χ4n) is 2.33. The predicted molar refractivity (Wildman–Crippen MR) is 86.1 cm³/mol. The van der Waals surface area contributed by atoms with Gasteiger partial charge in [0, 0.05) is 26.7 Å². The van der Waals surface area contributed by atoms with Gasteiger partial charge in [-0.1, -0.05) is 25.5 Å². The highest BCUT2D eigenvalue weighted by Crippen LogP contribution is 2.21. The van der Waals surface area contributed by atoms with Crippen molar-refractivity contribution in [3.63, 3.8) is 0 Å². The van der Waals surface area contributed by atoms with Crippen LogP contribution in [0, 0.1) is 0 Å². The third-order valence-electron chi connectivity index (χ3n) is 3.55. The van der Waals surface area contributed by atoms with Crippen LogP contribution in [0.4, 0.5) is 0 Å². The zero-order chi connectivity index (χ0) is 15.9. The van der Waals surface area contributed by atoms with Gasteiger partial charge >= 0.3 is 0 Å². The van der Waals surface area contributed by atoms with E-state index in [-0.39, 0.29) is 11.8 Å². The average Bonchev–Trinajstić information content (AvgIpc) is 2.78. The number of nitrogens with zero attached hydrogens (tertiary/aromatic N) is 2. The predicted octanol–water partition coefficient (Wildman–Crippen LogP) is 1.25. The Morgan fingerprint density at radius 1 is 1.09 bits per heavy atom. The first kappa shape index (κ1) is 16.0. The standard InChI is InChI=1S/C16H22N4O2/c1-3-4-9-18-16(17-2)19-10-11-20-14(21)12-7-5-6-8-13(12)15(20)22/h5-8H,3-4,9-11H2,1-2H3,(H2,17,18,19). The van der Waals surface area contributed by atoms with Crippen molar-refractivity contribution in [3.05, 3.63) is 35.4 Å². The molecule has 0 aromatic heterocycles. The van der Waals surface area contributed by atoms with Crippen LogP contribution >= 0.6 is 0 Å². The van der Waals surface area contributed by atoms with Crippen molar-refractivity contribution in [1.29, 1.82) is 0 Å². The molecule has 118 valence electrons. The molecule has 0 saturated heterocycles. The van der Waals surface area contributed by atoms with Gasteiger partial charge < -0.3 is 10.6 Å². The minimum absolute atomic E-state index is 0.226. The van der Waals surface area contributed by atoms with Crippen LogP contribution in [0.2, 0.25) is 0 Å². The van der Waals surface area contributed by atoms with Crippen LogP contribution in [0.15, 0.2) is 29.3 Å². The number of nitrogens with one attached hydrogen (secondary N) is 2. The van der Waals surface area contributed by atoms with Gasteiger partial charge in [0.25, 0.3) is 11.8 Å². The molecule has 1 aromatic rings. The van der Waals surface area contributed by atoms with Gasteiger partial charge in [0.1, 0.15) is 0 Å². The number of hydrogen-bond acceptors (Lipinski definition) is 3. The molecule has 6 nitrogen and oxygen atoms in total. The molecule has 0 atom stereocenters. The number of hydrogen-bond donors (Lipinski definition) is 2. The minimum Gasteiger partial charge on any atom is -0.356 e. The SMILES string of the molecule is CCCCNC(=NC)NCCN1C(=O)c2ccccc2C1=O. The van der Waals surface area contributed by atoms with Gasteiger partial charge in [-0.3, -0.25) is 19.5 Å². The summed E-state index contributed by atoms with van der Waals surface area (Å²) < 4.78 is 0. The second kappa shape index (κ2) is 7.59. The number of fused-ring (bicyclic) bond motifs is 1. The van der Waals surface area contributed by atoms with Gasteiger partial charge in [-0.2, -0.15) is 0 Å². The quantitative estimate of drug-likeness (QED) is 0.359. The fourth-order valence-corrected chi connectivity index (χ4v) is 2.33. The molecule has 0 spiro atoms. The van der Waals surface area contributed by atoms with Gasteiger partial charge in [-0.15, -0.1) is 0 Å². The first-order valence-corrected chi connectivity index (χ1v) is 7.58. The van der Waals surface area contributed by atoms with Crippen LogP contribution in [0.25, 0.3) is 0 Å². The summed E-state index contributed by atoms with van der Waals surface area (Å²) in [7, 11) is 1.70. The lowest BCUT2D eigenvalue weighted by molar-refractivity contribution is 0.0657. The van der Waals surface area contributed by atoms with Crippen molar-refractivity contribution < 1.29 is 9.59 Å². The van der Waals surface area contributed by atoms with Gasteiger partial charge in [0.05, 0.1) is 11.1 Å². The molecule has 0 unspecified atom stereocenters. The fraction of sp³-hybridized carbons (Fsp3) is 0.438. The Morgan fingerprint density at radius 3 is 2.23 bits per heavy atom. The van der Waals surface area contributed by atoms with Crippen molar-refractivity contribution in [2.75, 3.05) is 26.7 Å². The van der Waals surface area contributed by atoms with Crippen LogP contribution in [0.1, 0.15) is 40.5 Å². The zero-order valence-electron chi connectivity index (χ0n) is 13.1. The molecule has 6 heteroatoms. The van der Waals surface area contributed by atoms with Crippen LogP contribution in [0.5, 0.6) is 0 Å². The lowest BCUT2D eigenvalue weighted by atomic mass is 10.1. The van der Waals surface area contributed by atoms with E-state index in [2.05, 4.69) is 22.5 Å². The Morgan fingerprint density at radius 2 is 1.68 bits per heavy atom. The molecule has 0 radical (unpaired) electrons. The smallest absolute Gasteiger partial charge is 0.261 e. The number of carbonyl (C=O) groups excluding carboxylic acids is 2. The first-order valence-electron chi connectivity index (χ1n) is 7.58. The number of unbranched alkanes of at least 4 members (excludes halogenated alkanes) is 1. The highest BCUT2D eigenvalue weighted by Gasteiger charge is 2.34. The van der Waals surface area contributed by atoms with E-state index in [0.29, 0.717) is 30.2 Å². The molecular weight excluding hydrogens is 280 g/mol. The summed E-state index contributed by atoms with van der Waals surface area (Å²) >= 11 is 0. The van der Waals surface area contributed by atoms with E-state index in [1.165, 1.54) is 4.90 Å². The molecule has 2 rings (SSSR count). The second-order valence-corrected chi connectivity index (χ2v) is 5.09. The van der Waals surface area contributed by atoms with Crippen molar-refractivity contribution in [2.24, 2.45) is 4.99 Å². The van der Waals surface area contributed by atoms with Crippen LogP contribution in [-0.4, -0.2) is 49.4 Å². The number of amides is 2. The average molecular weight is 302 g/mol. The molecule has 0 bridgehead atoms. The van der Waals surface area contributed by atoms with Gasteiger partial charge in [-0.05, 0) is 18.6 Å². The lowest BCUT2D eigenvalue weighted by Crippen LogP contribution is -2.43. The highest BCUT2D eigenvalue weighted by atomic mass is 16.2. The number of rotatable bonds is 6. The number of benzene rings is 1. The molecule has 2 N–H and O–H groups in total. The first-order chi connectivity index (χ1) is 10.7. The molecule has 0 aliphatic carbocycles. The van der Waals surface area contributed by atoms with E-state index in [1.54, 1.807) is 31.3 Å². The second-order valence-electron chi connectivity index (χ2n) is 5.09.